The van der Waals surface area contributed by atoms with Crippen LogP contribution in [-0.2, 0) is 4.74 Å². The van der Waals surface area contributed by atoms with Crippen LogP contribution >= 0.6 is 0 Å². The second-order valence-electron chi connectivity index (χ2n) is 9.36. The average Bonchev–Trinajstić information content (AvgIpc) is 2.91. The van der Waals surface area contributed by atoms with Crippen LogP contribution in [0.25, 0.3) is 10.8 Å². The number of carbonyl (C=O) groups is 2. The maximum atomic E-state index is 13.6. The van der Waals surface area contributed by atoms with Gasteiger partial charge in [-0.1, -0.05) is 12.1 Å². The fourth-order valence-corrected chi connectivity index (χ4v) is 5.20. The lowest BCUT2D eigenvalue weighted by molar-refractivity contribution is 0.0639. The molecule has 1 atom stereocenters. The van der Waals surface area contributed by atoms with Crippen molar-refractivity contribution in [3.8, 4) is 11.5 Å². The van der Waals surface area contributed by atoms with Crippen LogP contribution in [-0.4, -0.2) is 56.8 Å². The minimum absolute atomic E-state index is 0.0468. The number of nitrogens with zero attached hydrogens (tertiary/aromatic N) is 1. The molecule has 5 rings (SSSR count). The zero-order chi connectivity index (χ0) is 25.4. The Morgan fingerprint density at radius 2 is 1.75 bits per heavy atom. The third-order valence-corrected chi connectivity index (χ3v) is 7.35. The van der Waals surface area contributed by atoms with Crippen molar-refractivity contribution in [3.05, 3.63) is 65.2 Å². The molecule has 0 aliphatic carbocycles. The second kappa shape index (κ2) is 9.35. The molecule has 2 aliphatic rings. The largest absolute Gasteiger partial charge is 0.497 e. The van der Waals surface area contributed by atoms with E-state index in [0.717, 1.165) is 22.0 Å². The van der Waals surface area contributed by atoms with Crippen LogP contribution in [0.1, 0.15) is 52.1 Å². The molecule has 1 saturated heterocycles. The highest BCUT2D eigenvalue weighted by molar-refractivity contribution is 6.03. The summed E-state index contributed by atoms with van der Waals surface area (Å²) in [6.45, 7) is 2.99. The number of hydrogen-bond donors (Lipinski definition) is 2. The molecule has 2 heterocycles. The number of hydrogen-bond acceptors (Lipinski definition) is 6. The number of piperidine rings is 1. The number of benzene rings is 3. The molecule has 3 aromatic rings. The molecule has 0 radical (unpaired) electrons. The molecule has 0 saturated carbocycles. The van der Waals surface area contributed by atoms with E-state index in [9.17, 15) is 9.59 Å². The van der Waals surface area contributed by atoms with E-state index in [2.05, 4.69) is 10.6 Å². The minimum atomic E-state index is -0.586. The number of fused-ring (bicyclic) bond motifs is 2. The van der Waals surface area contributed by atoms with Gasteiger partial charge in [0.2, 0.25) is 0 Å². The van der Waals surface area contributed by atoms with Gasteiger partial charge in [-0.25, -0.2) is 0 Å². The molecule has 0 unspecified atom stereocenters. The van der Waals surface area contributed by atoms with E-state index in [1.165, 1.54) is 0 Å². The number of ether oxygens (including phenoxy) is 3. The van der Waals surface area contributed by atoms with Gasteiger partial charge in [-0.15, -0.1) is 0 Å². The van der Waals surface area contributed by atoms with E-state index < -0.39 is 5.66 Å². The van der Waals surface area contributed by atoms with Gasteiger partial charge in [0.25, 0.3) is 11.8 Å². The summed E-state index contributed by atoms with van der Waals surface area (Å²) in [5.74, 6) is 1.17. The van der Waals surface area contributed by atoms with Crippen molar-refractivity contribution >= 4 is 28.3 Å². The molecule has 0 aromatic heterocycles. The van der Waals surface area contributed by atoms with Crippen molar-refractivity contribution in [1.82, 2.24) is 10.2 Å². The van der Waals surface area contributed by atoms with Crippen LogP contribution < -0.4 is 20.1 Å². The summed E-state index contributed by atoms with van der Waals surface area (Å²) in [6.07, 6.45) is 1.000. The van der Waals surface area contributed by atoms with Gasteiger partial charge in [-0.05, 0) is 54.3 Å². The second-order valence-corrected chi connectivity index (χ2v) is 9.36. The quantitative estimate of drug-likeness (QED) is 0.554. The first-order valence-corrected chi connectivity index (χ1v) is 12.1. The molecule has 8 heteroatoms. The van der Waals surface area contributed by atoms with Crippen molar-refractivity contribution < 1.29 is 23.8 Å². The van der Waals surface area contributed by atoms with Crippen LogP contribution in [0, 0.1) is 0 Å². The molecule has 8 nitrogen and oxygen atoms in total. The molecule has 188 valence electrons. The summed E-state index contributed by atoms with van der Waals surface area (Å²) in [7, 11) is 4.87. The highest BCUT2D eigenvalue weighted by Gasteiger charge is 2.41. The minimum Gasteiger partial charge on any atom is -0.497 e. The van der Waals surface area contributed by atoms with Crippen molar-refractivity contribution in [1.29, 1.82) is 0 Å². The van der Waals surface area contributed by atoms with Gasteiger partial charge in [0.05, 0.1) is 25.9 Å². The summed E-state index contributed by atoms with van der Waals surface area (Å²) in [5.41, 5.74) is 2.29. The zero-order valence-electron chi connectivity index (χ0n) is 21.0. The number of amides is 2. The molecular weight excluding hydrogens is 458 g/mol. The summed E-state index contributed by atoms with van der Waals surface area (Å²) >= 11 is 0. The van der Waals surface area contributed by atoms with Crippen LogP contribution in [0.15, 0.2) is 48.5 Å². The first-order chi connectivity index (χ1) is 17.4. The first-order valence-electron chi connectivity index (χ1n) is 12.1. The van der Waals surface area contributed by atoms with Crippen LogP contribution in [0.3, 0.4) is 0 Å². The molecule has 1 spiro atoms. The Balaban J connectivity index is 1.39. The Labute approximate surface area is 210 Å². The third kappa shape index (κ3) is 4.11. The molecule has 3 aromatic carbocycles. The monoisotopic (exact) mass is 489 g/mol. The van der Waals surface area contributed by atoms with Gasteiger partial charge in [0, 0.05) is 49.7 Å². The van der Waals surface area contributed by atoms with Crippen molar-refractivity contribution in [2.75, 3.05) is 39.7 Å². The highest BCUT2D eigenvalue weighted by atomic mass is 16.5. The van der Waals surface area contributed by atoms with Crippen molar-refractivity contribution in [3.63, 3.8) is 0 Å². The van der Waals surface area contributed by atoms with Gasteiger partial charge < -0.3 is 29.7 Å². The molecule has 2 amide bonds. The number of rotatable bonds is 5. The predicted octanol–water partition coefficient (Wildman–Crippen LogP) is 4.35. The lowest BCUT2D eigenvalue weighted by Gasteiger charge is -2.46. The number of likely N-dealkylation sites (tertiary alicyclic amines) is 1. The summed E-state index contributed by atoms with van der Waals surface area (Å²) in [4.78, 5) is 28.3. The number of anilines is 1. The Morgan fingerprint density at radius 1 is 0.972 bits per heavy atom. The van der Waals surface area contributed by atoms with E-state index in [4.69, 9.17) is 14.2 Å². The highest BCUT2D eigenvalue weighted by Crippen LogP contribution is 2.36. The summed E-state index contributed by atoms with van der Waals surface area (Å²) < 4.78 is 16.4. The first kappa shape index (κ1) is 23.9. The number of carbonyl (C=O) groups excluding carboxylic acids is 2. The van der Waals surface area contributed by atoms with Gasteiger partial charge in [-0.2, -0.15) is 0 Å². The average molecular weight is 490 g/mol. The maximum absolute atomic E-state index is 13.6. The van der Waals surface area contributed by atoms with Gasteiger partial charge in [-0.3, -0.25) is 9.59 Å². The van der Waals surface area contributed by atoms with Gasteiger partial charge in [0.1, 0.15) is 17.2 Å². The Morgan fingerprint density at radius 3 is 2.44 bits per heavy atom. The van der Waals surface area contributed by atoms with E-state index in [0.29, 0.717) is 48.6 Å². The smallest absolute Gasteiger partial charge is 0.255 e. The van der Waals surface area contributed by atoms with E-state index in [1.807, 2.05) is 54.3 Å². The normalized spacial score (nSPS) is 17.2. The van der Waals surface area contributed by atoms with E-state index in [-0.39, 0.29) is 17.9 Å². The number of nitrogens with one attached hydrogen (secondary N) is 2. The Kier molecular flexibility index (Phi) is 6.22. The fraction of sp³-hybridized carbons (Fsp3) is 0.357. The lowest BCUT2D eigenvalue weighted by atomic mass is 9.91. The zero-order valence-corrected chi connectivity index (χ0v) is 21.0. The van der Waals surface area contributed by atoms with Crippen LogP contribution in [0.2, 0.25) is 0 Å². The Bertz CT molecular complexity index is 1330. The summed E-state index contributed by atoms with van der Waals surface area (Å²) in [5, 5.41) is 8.52. The standard InChI is InChI=1S/C28H31N3O5/c1-17(34-2)21-14-18(15-22-20(21)6-5-7-25(22)36-4)27(33)31-12-10-28(11-13-31)29-24-9-8-19(35-3)16-23(24)26(32)30-28/h5-9,14-17,29H,10-13H2,1-4H3,(H,30,32)/t17-/m1/s1. The van der Waals surface area contributed by atoms with Gasteiger partial charge >= 0.3 is 0 Å². The van der Waals surface area contributed by atoms with E-state index >= 15 is 0 Å². The topological polar surface area (TPSA) is 89.1 Å². The van der Waals surface area contributed by atoms with Gasteiger partial charge in [0.15, 0.2) is 0 Å². The predicted molar refractivity (Wildman–Crippen MR) is 138 cm³/mol. The Hall–Kier alpha value is -3.78. The van der Waals surface area contributed by atoms with E-state index in [1.54, 1.807) is 27.4 Å². The van der Waals surface area contributed by atoms with Crippen molar-refractivity contribution in [2.45, 2.75) is 31.5 Å². The fourth-order valence-electron chi connectivity index (χ4n) is 5.20. The van der Waals surface area contributed by atoms with Crippen LogP contribution in [0.4, 0.5) is 5.69 Å². The summed E-state index contributed by atoms with van der Waals surface area (Å²) in [6, 6.07) is 15.1. The molecule has 2 aliphatic heterocycles. The molecule has 1 fully saturated rings. The molecular formula is C28H31N3O5. The number of methoxy groups -OCH3 is 3. The van der Waals surface area contributed by atoms with Crippen LogP contribution in [0.5, 0.6) is 11.5 Å². The molecule has 36 heavy (non-hydrogen) atoms. The molecule has 2 N–H and O–H groups in total. The lowest BCUT2D eigenvalue weighted by Crippen LogP contribution is -2.62. The van der Waals surface area contributed by atoms with Crippen molar-refractivity contribution in [2.24, 2.45) is 0 Å². The maximum Gasteiger partial charge on any atom is 0.255 e. The SMILES string of the molecule is COc1ccc2c(c1)C(=O)NC1(CCN(C(=O)c3cc([C@@H](C)OC)c4cccc(OC)c4c3)CC1)N2. The third-order valence-electron chi connectivity index (χ3n) is 7.35. The molecule has 0 bridgehead atoms.